The summed E-state index contributed by atoms with van der Waals surface area (Å²) in [5, 5.41) is 0. The van der Waals surface area contributed by atoms with Crippen LogP contribution in [-0.4, -0.2) is 11.6 Å². The highest BCUT2D eigenvalue weighted by Gasteiger charge is 2.15. The number of allylic oxidation sites excluding steroid dienone is 4. The van der Waals surface area contributed by atoms with Gasteiger partial charge in [0.15, 0.2) is 11.6 Å². The van der Waals surface area contributed by atoms with Crippen molar-refractivity contribution >= 4 is 11.6 Å². The number of hydrogen-bond donors (Lipinski definition) is 0. The summed E-state index contributed by atoms with van der Waals surface area (Å²) in [5.74, 6) is -0.0834. The maximum absolute atomic E-state index is 11.5. The fourth-order valence-corrected chi connectivity index (χ4v) is 1.24. The molecule has 0 bridgehead atoms. The van der Waals surface area contributed by atoms with Crippen LogP contribution < -0.4 is 0 Å². The van der Waals surface area contributed by atoms with Crippen molar-refractivity contribution in [2.24, 2.45) is 5.92 Å². The Balaban J connectivity index is 4.28. The fraction of sp³-hybridized carbons (Fsp3) is 0.500. The number of carbonyl (C=O) groups excluding carboxylic acids is 2. The Morgan fingerprint density at radius 2 is 1.71 bits per heavy atom. The van der Waals surface area contributed by atoms with Crippen molar-refractivity contribution in [3.8, 4) is 0 Å². The summed E-state index contributed by atoms with van der Waals surface area (Å²) < 4.78 is 0. The minimum atomic E-state index is -0.158. The summed E-state index contributed by atoms with van der Waals surface area (Å²) in [5.41, 5.74) is 0. The minimum Gasteiger partial charge on any atom is -0.295 e. The first-order valence-electron chi connectivity index (χ1n) is 4.97. The van der Waals surface area contributed by atoms with Gasteiger partial charge in [-0.2, -0.15) is 0 Å². The van der Waals surface area contributed by atoms with Gasteiger partial charge in [-0.1, -0.05) is 19.1 Å². The summed E-state index contributed by atoms with van der Waals surface area (Å²) in [4.78, 5) is 22.7. The summed E-state index contributed by atoms with van der Waals surface area (Å²) >= 11 is 0. The molecule has 0 heterocycles. The van der Waals surface area contributed by atoms with Gasteiger partial charge in [0.2, 0.25) is 0 Å². The summed E-state index contributed by atoms with van der Waals surface area (Å²) in [6, 6.07) is 0. The van der Waals surface area contributed by atoms with Crippen molar-refractivity contribution < 1.29 is 9.59 Å². The van der Waals surface area contributed by atoms with E-state index in [1.807, 2.05) is 6.92 Å². The Morgan fingerprint density at radius 1 is 1.14 bits per heavy atom. The van der Waals surface area contributed by atoms with Crippen molar-refractivity contribution in [3.05, 3.63) is 24.3 Å². The van der Waals surface area contributed by atoms with Gasteiger partial charge in [-0.3, -0.25) is 9.59 Å². The zero-order chi connectivity index (χ0) is 11.0. The van der Waals surface area contributed by atoms with E-state index in [2.05, 4.69) is 0 Å². The van der Waals surface area contributed by atoms with Crippen LogP contribution in [0.3, 0.4) is 0 Å². The van der Waals surface area contributed by atoms with Crippen molar-refractivity contribution in [2.45, 2.75) is 33.6 Å². The van der Waals surface area contributed by atoms with E-state index >= 15 is 0 Å². The van der Waals surface area contributed by atoms with E-state index in [0.29, 0.717) is 12.8 Å². The van der Waals surface area contributed by atoms with Gasteiger partial charge in [-0.25, -0.2) is 0 Å². The highest BCUT2D eigenvalue weighted by atomic mass is 16.1. The fourth-order valence-electron chi connectivity index (χ4n) is 1.24. The van der Waals surface area contributed by atoms with Crippen LogP contribution in [0.15, 0.2) is 24.3 Å². The maximum atomic E-state index is 11.5. The van der Waals surface area contributed by atoms with E-state index in [1.165, 1.54) is 12.2 Å². The minimum absolute atomic E-state index is 0.0252. The van der Waals surface area contributed by atoms with E-state index in [9.17, 15) is 9.59 Å². The third-order valence-electron chi connectivity index (χ3n) is 2.03. The first-order valence-corrected chi connectivity index (χ1v) is 4.97. The Morgan fingerprint density at radius 3 is 2.14 bits per heavy atom. The zero-order valence-corrected chi connectivity index (χ0v) is 9.12. The molecular weight excluding hydrogens is 176 g/mol. The highest BCUT2D eigenvalue weighted by molar-refractivity contribution is 5.97. The number of carbonyl (C=O) groups is 2. The standard InChI is InChI=1S/C12H18O2/c1-4-7-11(13)9-10(6-3)12(14)8-5-2/h4-5,7-8,10H,6,9H2,1-3H3/b7-4+,8-5+. The number of rotatable bonds is 6. The molecule has 78 valence electrons. The Kier molecular flexibility index (Phi) is 6.63. The first kappa shape index (κ1) is 12.8. The summed E-state index contributed by atoms with van der Waals surface area (Å²) in [6.07, 6.45) is 7.51. The third-order valence-corrected chi connectivity index (χ3v) is 2.03. The van der Waals surface area contributed by atoms with Crippen LogP contribution in [0, 0.1) is 5.92 Å². The molecule has 0 aromatic rings. The normalized spacial score (nSPS) is 13.6. The van der Waals surface area contributed by atoms with Crippen molar-refractivity contribution in [3.63, 3.8) is 0 Å². The van der Waals surface area contributed by atoms with Crippen molar-refractivity contribution in [2.75, 3.05) is 0 Å². The average molecular weight is 194 g/mol. The number of ketones is 2. The predicted octanol–water partition coefficient (Wildman–Crippen LogP) is 2.69. The molecule has 0 aliphatic rings. The first-order chi connectivity index (χ1) is 6.65. The van der Waals surface area contributed by atoms with Gasteiger partial charge in [0, 0.05) is 12.3 Å². The van der Waals surface area contributed by atoms with Gasteiger partial charge in [-0.15, -0.1) is 0 Å². The number of hydrogen-bond acceptors (Lipinski definition) is 2. The molecule has 1 unspecified atom stereocenters. The zero-order valence-electron chi connectivity index (χ0n) is 9.12. The van der Waals surface area contributed by atoms with Crippen LogP contribution in [0.1, 0.15) is 33.6 Å². The lowest BCUT2D eigenvalue weighted by Gasteiger charge is -2.08. The van der Waals surface area contributed by atoms with Crippen LogP contribution in [0.5, 0.6) is 0 Å². The lowest BCUT2D eigenvalue weighted by atomic mass is 9.94. The lowest BCUT2D eigenvalue weighted by Crippen LogP contribution is -2.14. The molecule has 14 heavy (non-hydrogen) atoms. The molecule has 0 rings (SSSR count). The lowest BCUT2D eigenvalue weighted by molar-refractivity contribution is -0.123. The van der Waals surface area contributed by atoms with Crippen LogP contribution >= 0.6 is 0 Å². The smallest absolute Gasteiger partial charge is 0.158 e. The molecule has 0 saturated carbocycles. The average Bonchev–Trinajstić information content (AvgIpc) is 2.15. The van der Waals surface area contributed by atoms with Crippen molar-refractivity contribution in [1.29, 1.82) is 0 Å². The molecule has 0 radical (unpaired) electrons. The van der Waals surface area contributed by atoms with E-state index in [-0.39, 0.29) is 17.5 Å². The largest absolute Gasteiger partial charge is 0.295 e. The quantitative estimate of drug-likeness (QED) is 0.609. The molecule has 0 amide bonds. The van der Waals surface area contributed by atoms with Gasteiger partial charge >= 0.3 is 0 Å². The van der Waals surface area contributed by atoms with Gasteiger partial charge < -0.3 is 0 Å². The second-order valence-electron chi connectivity index (χ2n) is 3.18. The summed E-state index contributed by atoms with van der Waals surface area (Å²) in [7, 11) is 0. The molecule has 0 aromatic carbocycles. The monoisotopic (exact) mass is 194 g/mol. The summed E-state index contributed by atoms with van der Waals surface area (Å²) in [6.45, 7) is 5.53. The molecule has 0 N–H and O–H groups in total. The molecule has 2 heteroatoms. The predicted molar refractivity (Wildman–Crippen MR) is 58.0 cm³/mol. The Hall–Kier alpha value is -1.18. The Bertz CT molecular complexity index is 249. The second-order valence-corrected chi connectivity index (χ2v) is 3.18. The molecule has 1 atom stereocenters. The van der Waals surface area contributed by atoms with Crippen LogP contribution in [0.2, 0.25) is 0 Å². The van der Waals surface area contributed by atoms with Gasteiger partial charge in [0.05, 0.1) is 0 Å². The second kappa shape index (κ2) is 7.25. The van der Waals surface area contributed by atoms with E-state index in [4.69, 9.17) is 0 Å². The molecule has 0 saturated heterocycles. The van der Waals surface area contributed by atoms with Gasteiger partial charge in [-0.05, 0) is 32.4 Å². The molecule has 0 aromatic heterocycles. The SMILES string of the molecule is C/C=C/C(=O)CC(CC)C(=O)/C=C/C. The Labute approximate surface area is 85.7 Å². The van der Waals surface area contributed by atoms with Crippen LogP contribution in [0.4, 0.5) is 0 Å². The topological polar surface area (TPSA) is 34.1 Å². The molecular formula is C12H18O2. The highest BCUT2D eigenvalue weighted by Crippen LogP contribution is 2.11. The van der Waals surface area contributed by atoms with Gasteiger partial charge in [0.1, 0.15) is 0 Å². The van der Waals surface area contributed by atoms with Crippen LogP contribution in [-0.2, 0) is 9.59 Å². The van der Waals surface area contributed by atoms with Gasteiger partial charge in [0.25, 0.3) is 0 Å². The van der Waals surface area contributed by atoms with E-state index in [0.717, 1.165) is 0 Å². The molecule has 0 aliphatic carbocycles. The third kappa shape index (κ3) is 4.75. The van der Waals surface area contributed by atoms with Crippen LogP contribution in [0.25, 0.3) is 0 Å². The van der Waals surface area contributed by atoms with Crippen molar-refractivity contribution in [1.82, 2.24) is 0 Å². The molecule has 0 fully saturated rings. The molecule has 0 spiro atoms. The van der Waals surface area contributed by atoms with E-state index < -0.39 is 0 Å². The van der Waals surface area contributed by atoms with E-state index in [1.54, 1.807) is 26.0 Å². The maximum Gasteiger partial charge on any atom is 0.158 e. The molecule has 2 nitrogen and oxygen atoms in total. The molecule has 0 aliphatic heterocycles.